The van der Waals surface area contributed by atoms with Gasteiger partial charge in [0.05, 0.1) is 6.07 Å². The largest absolute Gasteiger partial charge is 0.346 e. The number of hydrogen-bond acceptors (Lipinski definition) is 3. The summed E-state index contributed by atoms with van der Waals surface area (Å²) in [4.78, 5) is 19.3. The summed E-state index contributed by atoms with van der Waals surface area (Å²) in [6, 6.07) is 14.3. The van der Waals surface area contributed by atoms with Crippen molar-refractivity contribution in [3.8, 4) is 6.07 Å². The molecule has 2 N–H and O–H groups in total. The number of pyridine rings is 1. The Morgan fingerprint density at radius 2 is 2.09 bits per heavy atom. The fourth-order valence-corrected chi connectivity index (χ4v) is 2.31. The molecule has 0 saturated carbocycles. The highest BCUT2D eigenvalue weighted by molar-refractivity contribution is 5.95. The highest BCUT2D eigenvalue weighted by Gasteiger charge is 2.11. The van der Waals surface area contributed by atoms with Gasteiger partial charge in [0.25, 0.3) is 0 Å². The molecule has 1 unspecified atom stereocenters. The Morgan fingerprint density at radius 1 is 1.26 bits per heavy atom. The van der Waals surface area contributed by atoms with E-state index in [0.717, 1.165) is 22.2 Å². The molecule has 5 heteroatoms. The Hall–Kier alpha value is -3.39. The molecule has 1 aromatic carbocycles. The van der Waals surface area contributed by atoms with Gasteiger partial charge in [0.2, 0.25) is 5.91 Å². The third-order valence-corrected chi connectivity index (χ3v) is 3.45. The van der Waals surface area contributed by atoms with Crippen LogP contribution in [0.25, 0.3) is 17.1 Å². The van der Waals surface area contributed by atoms with Gasteiger partial charge in [-0.05, 0) is 23.8 Å². The van der Waals surface area contributed by atoms with Gasteiger partial charge in [0.15, 0.2) is 0 Å². The van der Waals surface area contributed by atoms with Gasteiger partial charge in [0.1, 0.15) is 11.7 Å². The smallest absolute Gasteiger partial charge is 0.245 e. The quantitative estimate of drug-likeness (QED) is 0.727. The minimum absolute atomic E-state index is 0.321. The van der Waals surface area contributed by atoms with Crippen LogP contribution in [0.1, 0.15) is 17.2 Å². The van der Waals surface area contributed by atoms with E-state index in [1.807, 2.05) is 42.5 Å². The number of carbonyl (C=O) groups is 1. The van der Waals surface area contributed by atoms with Gasteiger partial charge in [-0.3, -0.25) is 4.79 Å². The molecule has 0 spiro atoms. The van der Waals surface area contributed by atoms with Crippen LogP contribution < -0.4 is 5.32 Å². The zero-order valence-corrected chi connectivity index (χ0v) is 12.2. The van der Waals surface area contributed by atoms with E-state index in [4.69, 9.17) is 0 Å². The van der Waals surface area contributed by atoms with Gasteiger partial charge in [-0.1, -0.05) is 30.3 Å². The second kappa shape index (κ2) is 6.58. The van der Waals surface area contributed by atoms with Crippen molar-refractivity contribution < 1.29 is 4.79 Å². The van der Waals surface area contributed by atoms with Crippen LogP contribution in [0.5, 0.6) is 0 Å². The van der Waals surface area contributed by atoms with Crippen LogP contribution in [0.2, 0.25) is 0 Å². The number of nitriles is 1. The Kier molecular flexibility index (Phi) is 4.16. The zero-order chi connectivity index (χ0) is 16.1. The number of rotatable bonds is 4. The van der Waals surface area contributed by atoms with E-state index in [1.54, 1.807) is 18.5 Å². The Balaban J connectivity index is 1.73. The lowest BCUT2D eigenvalue weighted by molar-refractivity contribution is -0.116. The second-order valence-corrected chi connectivity index (χ2v) is 4.96. The van der Waals surface area contributed by atoms with Crippen LogP contribution >= 0.6 is 0 Å². The summed E-state index contributed by atoms with van der Waals surface area (Å²) in [7, 11) is 0. The third kappa shape index (κ3) is 3.27. The fourth-order valence-electron chi connectivity index (χ4n) is 2.31. The first-order valence-electron chi connectivity index (χ1n) is 7.13. The molecule has 5 nitrogen and oxygen atoms in total. The van der Waals surface area contributed by atoms with Crippen molar-refractivity contribution >= 4 is 23.0 Å². The molecule has 1 amide bonds. The number of aromatic amines is 1. The minimum Gasteiger partial charge on any atom is -0.346 e. The van der Waals surface area contributed by atoms with E-state index in [0.29, 0.717) is 0 Å². The van der Waals surface area contributed by atoms with E-state index in [-0.39, 0.29) is 5.91 Å². The Labute approximate surface area is 133 Å². The Bertz CT molecular complexity index is 890. The summed E-state index contributed by atoms with van der Waals surface area (Å²) in [6.45, 7) is 0. The lowest BCUT2D eigenvalue weighted by atomic mass is 10.1. The molecule has 0 radical (unpaired) electrons. The summed E-state index contributed by atoms with van der Waals surface area (Å²) in [5.74, 6) is -0.321. The SMILES string of the molecule is N#CC(NC(=O)/C=C/c1c[nH]c2ncccc12)c1ccccc1. The molecule has 0 aliphatic carbocycles. The maximum Gasteiger partial charge on any atom is 0.245 e. The predicted molar refractivity (Wildman–Crippen MR) is 88.1 cm³/mol. The molecule has 0 aliphatic rings. The molecular weight excluding hydrogens is 288 g/mol. The molecule has 2 aromatic heterocycles. The van der Waals surface area contributed by atoms with Crippen LogP contribution in [0, 0.1) is 11.3 Å². The Morgan fingerprint density at radius 3 is 2.87 bits per heavy atom. The highest BCUT2D eigenvalue weighted by atomic mass is 16.1. The van der Waals surface area contributed by atoms with Gasteiger partial charge in [-0.15, -0.1) is 0 Å². The second-order valence-electron chi connectivity index (χ2n) is 4.96. The fraction of sp³-hybridized carbons (Fsp3) is 0.0556. The third-order valence-electron chi connectivity index (χ3n) is 3.45. The summed E-state index contributed by atoms with van der Waals surface area (Å²) in [6.07, 6.45) is 6.62. The van der Waals surface area contributed by atoms with E-state index in [2.05, 4.69) is 21.4 Å². The molecule has 112 valence electrons. The molecule has 0 saturated heterocycles. The van der Waals surface area contributed by atoms with Gasteiger partial charge in [-0.25, -0.2) is 4.98 Å². The molecule has 0 bridgehead atoms. The maximum absolute atomic E-state index is 12.0. The lowest BCUT2D eigenvalue weighted by Gasteiger charge is -2.09. The molecule has 3 rings (SSSR count). The molecule has 2 heterocycles. The van der Waals surface area contributed by atoms with Crippen molar-refractivity contribution in [3.05, 3.63) is 72.1 Å². The topological polar surface area (TPSA) is 81.6 Å². The first-order valence-corrected chi connectivity index (χ1v) is 7.13. The van der Waals surface area contributed by atoms with Gasteiger partial charge < -0.3 is 10.3 Å². The van der Waals surface area contributed by atoms with Gasteiger partial charge in [0, 0.05) is 29.4 Å². The van der Waals surface area contributed by atoms with E-state index >= 15 is 0 Å². The monoisotopic (exact) mass is 302 g/mol. The summed E-state index contributed by atoms with van der Waals surface area (Å²) in [5.41, 5.74) is 2.40. The van der Waals surface area contributed by atoms with E-state index < -0.39 is 6.04 Å². The number of benzene rings is 1. The van der Waals surface area contributed by atoms with Crippen LogP contribution in [-0.4, -0.2) is 15.9 Å². The number of amides is 1. The van der Waals surface area contributed by atoms with Crippen molar-refractivity contribution in [2.24, 2.45) is 0 Å². The standard InChI is InChI=1S/C18H14N4O/c19-11-16(13-5-2-1-3-6-13)22-17(23)9-8-14-12-21-18-15(14)7-4-10-20-18/h1-10,12,16H,(H,20,21)(H,22,23)/b9-8+. The van der Waals surface area contributed by atoms with Crippen LogP contribution in [0.4, 0.5) is 0 Å². The predicted octanol–water partition coefficient (Wildman–Crippen LogP) is 2.96. The zero-order valence-electron chi connectivity index (χ0n) is 12.2. The maximum atomic E-state index is 12.0. The number of nitrogens with zero attached hydrogens (tertiary/aromatic N) is 2. The van der Waals surface area contributed by atoms with Crippen molar-refractivity contribution in [1.82, 2.24) is 15.3 Å². The van der Waals surface area contributed by atoms with Crippen LogP contribution in [0.15, 0.2) is 60.9 Å². The van der Waals surface area contributed by atoms with Crippen molar-refractivity contribution in [2.45, 2.75) is 6.04 Å². The number of fused-ring (bicyclic) bond motifs is 1. The molecule has 3 aromatic rings. The number of aromatic nitrogens is 2. The molecule has 1 atom stereocenters. The molecule has 0 fully saturated rings. The van der Waals surface area contributed by atoms with Crippen molar-refractivity contribution in [2.75, 3.05) is 0 Å². The minimum atomic E-state index is -0.669. The average Bonchev–Trinajstić information content (AvgIpc) is 3.02. The highest BCUT2D eigenvalue weighted by Crippen LogP contribution is 2.17. The van der Waals surface area contributed by atoms with Crippen molar-refractivity contribution in [3.63, 3.8) is 0 Å². The first-order chi connectivity index (χ1) is 11.3. The van der Waals surface area contributed by atoms with Crippen LogP contribution in [0.3, 0.4) is 0 Å². The van der Waals surface area contributed by atoms with Gasteiger partial charge >= 0.3 is 0 Å². The normalized spacial score (nSPS) is 12.1. The lowest BCUT2D eigenvalue weighted by Crippen LogP contribution is -2.25. The summed E-state index contributed by atoms with van der Waals surface area (Å²) >= 11 is 0. The molecule has 23 heavy (non-hydrogen) atoms. The average molecular weight is 302 g/mol. The van der Waals surface area contributed by atoms with Crippen molar-refractivity contribution in [1.29, 1.82) is 5.26 Å². The first kappa shape index (κ1) is 14.5. The summed E-state index contributed by atoms with van der Waals surface area (Å²) < 4.78 is 0. The molecular formula is C18H14N4O. The number of carbonyl (C=O) groups excluding carboxylic acids is 1. The number of hydrogen-bond donors (Lipinski definition) is 2. The van der Waals surface area contributed by atoms with E-state index in [9.17, 15) is 10.1 Å². The van der Waals surface area contributed by atoms with Gasteiger partial charge in [-0.2, -0.15) is 5.26 Å². The van der Waals surface area contributed by atoms with E-state index in [1.165, 1.54) is 6.08 Å². The number of nitrogens with one attached hydrogen (secondary N) is 2. The molecule has 0 aliphatic heterocycles. The summed E-state index contributed by atoms with van der Waals surface area (Å²) in [5, 5.41) is 12.8. The number of H-pyrrole nitrogens is 1. The van der Waals surface area contributed by atoms with Crippen LogP contribution in [-0.2, 0) is 4.79 Å².